The van der Waals surface area contributed by atoms with Crippen molar-refractivity contribution in [2.45, 2.75) is 18.6 Å². The van der Waals surface area contributed by atoms with E-state index in [1.165, 1.54) is 29.1 Å². The van der Waals surface area contributed by atoms with Crippen LogP contribution in [-0.2, 0) is 19.6 Å². The Labute approximate surface area is 173 Å². The number of carbonyl (C=O) groups is 1. The van der Waals surface area contributed by atoms with Crippen molar-refractivity contribution in [1.29, 1.82) is 0 Å². The van der Waals surface area contributed by atoms with Crippen LogP contribution in [0.3, 0.4) is 0 Å². The van der Waals surface area contributed by atoms with Gasteiger partial charge in [-0.2, -0.15) is 13.2 Å². The smallest absolute Gasteiger partial charge is 0.347 e. The predicted molar refractivity (Wildman–Crippen MR) is 105 cm³/mol. The number of halogens is 4. The minimum Gasteiger partial charge on any atom is -0.347 e. The highest BCUT2D eigenvalue weighted by atomic mass is 35.5. The van der Waals surface area contributed by atoms with Crippen LogP contribution in [0.1, 0.15) is 20.8 Å². The molecule has 0 bridgehead atoms. The Balaban J connectivity index is 1.77. The summed E-state index contributed by atoms with van der Waals surface area (Å²) in [4.78, 5) is 12.9. The molecule has 0 fully saturated rings. The van der Waals surface area contributed by atoms with Crippen molar-refractivity contribution in [1.82, 2.24) is 20.3 Å². The van der Waals surface area contributed by atoms with Crippen LogP contribution in [0.5, 0.6) is 0 Å². The largest absolute Gasteiger partial charge is 0.416 e. The van der Waals surface area contributed by atoms with E-state index in [0.717, 1.165) is 17.4 Å². The number of aryl methyl sites for hydroxylation is 1. The summed E-state index contributed by atoms with van der Waals surface area (Å²) in [5.74, 6) is -0.460. The number of carbonyl (C=O) groups excluding carboxylic acids is 1. The Morgan fingerprint density at radius 3 is 2.72 bits per heavy atom. The van der Waals surface area contributed by atoms with E-state index in [-0.39, 0.29) is 18.5 Å². The van der Waals surface area contributed by atoms with E-state index in [9.17, 15) is 18.0 Å². The number of amides is 1. The van der Waals surface area contributed by atoms with Gasteiger partial charge in [0.2, 0.25) is 0 Å². The third-order valence-corrected chi connectivity index (χ3v) is 5.67. The first-order valence-electron chi connectivity index (χ1n) is 8.51. The summed E-state index contributed by atoms with van der Waals surface area (Å²) in [6.07, 6.45) is -3.00. The number of nitrogens with two attached hydrogens (primary N) is 1. The van der Waals surface area contributed by atoms with Gasteiger partial charge in [-0.3, -0.25) is 4.79 Å². The fourth-order valence-corrected chi connectivity index (χ4v) is 4.07. The number of alkyl halides is 3. The first-order chi connectivity index (χ1) is 13.7. The van der Waals surface area contributed by atoms with Crippen LogP contribution in [-0.4, -0.2) is 33.5 Å². The van der Waals surface area contributed by atoms with Gasteiger partial charge in [-0.15, -0.1) is 16.4 Å². The van der Waals surface area contributed by atoms with Crippen molar-refractivity contribution in [2.24, 2.45) is 12.8 Å². The zero-order valence-electron chi connectivity index (χ0n) is 15.2. The molecule has 1 atom stereocenters. The maximum Gasteiger partial charge on any atom is 0.416 e. The lowest BCUT2D eigenvalue weighted by Crippen LogP contribution is -2.41. The molecule has 1 aromatic carbocycles. The van der Waals surface area contributed by atoms with E-state index in [4.69, 9.17) is 17.3 Å². The molecule has 29 heavy (non-hydrogen) atoms. The minimum atomic E-state index is -4.48. The SMILES string of the molecule is Cn1nncc1-c1cc(C(=O)NC(CN)Cc2ccccc2C(F)(F)F)sc1Cl. The van der Waals surface area contributed by atoms with Crippen molar-refractivity contribution in [3.63, 3.8) is 0 Å². The van der Waals surface area contributed by atoms with Crippen molar-refractivity contribution >= 4 is 28.8 Å². The summed E-state index contributed by atoms with van der Waals surface area (Å²) in [7, 11) is 1.69. The first kappa shape index (κ1) is 21.3. The molecule has 1 amide bonds. The molecule has 0 aliphatic rings. The Morgan fingerprint density at radius 1 is 1.38 bits per heavy atom. The van der Waals surface area contributed by atoms with E-state index in [0.29, 0.717) is 20.5 Å². The molecule has 0 spiro atoms. The molecule has 6 nitrogen and oxygen atoms in total. The number of thiophene rings is 1. The molecule has 0 radical (unpaired) electrons. The zero-order valence-corrected chi connectivity index (χ0v) is 16.8. The summed E-state index contributed by atoms with van der Waals surface area (Å²) in [5.41, 5.74) is 6.27. The Morgan fingerprint density at radius 2 is 2.10 bits per heavy atom. The van der Waals surface area contributed by atoms with Gasteiger partial charge in [-0.1, -0.05) is 35.0 Å². The molecule has 154 valence electrons. The van der Waals surface area contributed by atoms with Crippen molar-refractivity contribution < 1.29 is 18.0 Å². The molecular weight excluding hydrogens is 427 g/mol. The molecule has 1 unspecified atom stereocenters. The second kappa shape index (κ2) is 8.52. The molecule has 0 aliphatic heterocycles. The third kappa shape index (κ3) is 4.77. The molecule has 2 heterocycles. The van der Waals surface area contributed by atoms with E-state index in [1.54, 1.807) is 13.1 Å². The van der Waals surface area contributed by atoms with Crippen LogP contribution in [0.4, 0.5) is 13.2 Å². The van der Waals surface area contributed by atoms with Gasteiger partial charge in [0.15, 0.2) is 0 Å². The highest BCUT2D eigenvalue weighted by molar-refractivity contribution is 7.18. The van der Waals surface area contributed by atoms with E-state index in [2.05, 4.69) is 15.6 Å². The van der Waals surface area contributed by atoms with Crippen molar-refractivity contribution in [3.8, 4) is 11.3 Å². The van der Waals surface area contributed by atoms with Crippen LogP contribution < -0.4 is 11.1 Å². The maximum atomic E-state index is 13.2. The maximum absolute atomic E-state index is 13.2. The fourth-order valence-electron chi connectivity index (χ4n) is 2.88. The van der Waals surface area contributed by atoms with Crippen LogP contribution in [0.15, 0.2) is 36.5 Å². The molecule has 3 aromatic rings. The monoisotopic (exact) mass is 443 g/mol. The first-order valence-corrected chi connectivity index (χ1v) is 9.70. The number of aromatic nitrogens is 3. The summed E-state index contributed by atoms with van der Waals surface area (Å²) in [6.45, 7) is -0.0183. The van der Waals surface area contributed by atoms with Crippen LogP contribution >= 0.6 is 22.9 Å². The van der Waals surface area contributed by atoms with Gasteiger partial charge in [-0.25, -0.2) is 4.68 Å². The average molecular weight is 444 g/mol. The quantitative estimate of drug-likeness (QED) is 0.610. The number of hydrogen-bond donors (Lipinski definition) is 2. The van der Waals surface area contributed by atoms with E-state index < -0.39 is 23.7 Å². The topological polar surface area (TPSA) is 85.8 Å². The Hall–Kier alpha value is -2.43. The van der Waals surface area contributed by atoms with Gasteiger partial charge >= 0.3 is 6.18 Å². The van der Waals surface area contributed by atoms with Gasteiger partial charge < -0.3 is 11.1 Å². The predicted octanol–water partition coefficient (Wildman–Crippen LogP) is 3.52. The van der Waals surface area contributed by atoms with Crippen LogP contribution in [0.2, 0.25) is 4.34 Å². The lowest BCUT2D eigenvalue weighted by Gasteiger charge is -2.19. The number of nitrogens with zero attached hydrogens (tertiary/aromatic N) is 3. The minimum absolute atomic E-state index is 0.0183. The number of hydrogen-bond acceptors (Lipinski definition) is 5. The fraction of sp³-hybridized carbons (Fsp3) is 0.278. The van der Waals surface area contributed by atoms with Gasteiger partial charge in [0.05, 0.1) is 22.3 Å². The van der Waals surface area contributed by atoms with Gasteiger partial charge in [0.1, 0.15) is 4.34 Å². The number of benzene rings is 1. The van der Waals surface area contributed by atoms with Gasteiger partial charge in [0, 0.05) is 25.2 Å². The molecule has 0 saturated heterocycles. The van der Waals surface area contributed by atoms with Crippen molar-refractivity contribution in [2.75, 3.05) is 6.54 Å². The standard InChI is InChI=1S/C18H17ClF3N5OS/c1-27-14(9-24-26-27)12-7-15(29-16(12)19)17(28)25-11(8-23)6-10-4-2-3-5-13(10)18(20,21)22/h2-5,7,9,11H,6,8,23H2,1H3,(H,25,28). The number of nitrogens with one attached hydrogen (secondary N) is 1. The molecule has 2 aromatic heterocycles. The molecule has 11 heteroatoms. The molecular formula is C18H17ClF3N5OS. The molecule has 0 saturated carbocycles. The van der Waals surface area contributed by atoms with Crippen molar-refractivity contribution in [3.05, 3.63) is 56.9 Å². The Bertz CT molecular complexity index is 1020. The van der Waals surface area contributed by atoms with Gasteiger partial charge in [-0.05, 0) is 24.1 Å². The summed E-state index contributed by atoms with van der Waals surface area (Å²) in [5, 5.41) is 10.3. The Kier molecular flexibility index (Phi) is 6.25. The third-order valence-electron chi connectivity index (χ3n) is 4.31. The lowest BCUT2D eigenvalue weighted by molar-refractivity contribution is -0.138. The average Bonchev–Trinajstić information content (AvgIpc) is 3.25. The summed E-state index contributed by atoms with van der Waals surface area (Å²) < 4.78 is 41.5. The molecule has 3 N–H and O–H groups in total. The van der Waals surface area contributed by atoms with E-state index in [1.807, 2.05) is 0 Å². The summed E-state index contributed by atoms with van der Waals surface area (Å²) in [6, 6.07) is 6.16. The number of rotatable bonds is 6. The normalized spacial score (nSPS) is 12.8. The molecule has 3 rings (SSSR count). The highest BCUT2D eigenvalue weighted by Crippen LogP contribution is 2.35. The second-order valence-electron chi connectivity index (χ2n) is 6.31. The van der Waals surface area contributed by atoms with Gasteiger partial charge in [0.25, 0.3) is 5.91 Å². The van der Waals surface area contributed by atoms with E-state index >= 15 is 0 Å². The molecule has 0 aliphatic carbocycles. The second-order valence-corrected chi connectivity index (χ2v) is 7.96. The van der Waals surface area contributed by atoms with Crippen LogP contribution in [0, 0.1) is 0 Å². The lowest BCUT2D eigenvalue weighted by atomic mass is 9.99. The zero-order chi connectivity index (χ0) is 21.2. The highest BCUT2D eigenvalue weighted by Gasteiger charge is 2.33. The summed E-state index contributed by atoms with van der Waals surface area (Å²) >= 11 is 7.30. The van der Waals surface area contributed by atoms with Crippen LogP contribution in [0.25, 0.3) is 11.3 Å².